The number of halogens is 1. The van der Waals surface area contributed by atoms with Crippen LogP contribution in [0.3, 0.4) is 0 Å². The van der Waals surface area contributed by atoms with Gasteiger partial charge in [0.05, 0.1) is 5.69 Å². The number of para-hydroxylation sites is 1. The number of hydrogen-bond donors (Lipinski definition) is 1. The molecule has 4 rings (SSSR count). The molecular weight excluding hydrogens is 445 g/mol. The molecule has 0 unspecified atom stereocenters. The Labute approximate surface area is 194 Å². The second-order valence-corrected chi connectivity index (χ2v) is 7.34. The molecule has 1 aliphatic heterocycles. The summed E-state index contributed by atoms with van der Waals surface area (Å²) in [6.07, 6.45) is 0. The van der Waals surface area contributed by atoms with Crippen molar-refractivity contribution in [1.82, 2.24) is 0 Å². The Morgan fingerprint density at radius 3 is 2.41 bits per heavy atom. The van der Waals surface area contributed by atoms with Gasteiger partial charge in [0.15, 0.2) is 23.9 Å². The average Bonchev–Trinajstić information content (AvgIpc) is 3.29. The normalized spacial score (nSPS) is 11.6. The Hall–Kier alpha value is -4.40. The fourth-order valence-electron chi connectivity index (χ4n) is 3.23. The van der Waals surface area contributed by atoms with E-state index in [-0.39, 0.29) is 47.6 Å². The van der Waals surface area contributed by atoms with E-state index < -0.39 is 18.5 Å². The zero-order valence-electron chi connectivity index (χ0n) is 18.1. The van der Waals surface area contributed by atoms with Gasteiger partial charge < -0.3 is 24.3 Å². The van der Waals surface area contributed by atoms with Gasteiger partial charge in [0.1, 0.15) is 23.7 Å². The first kappa shape index (κ1) is 22.8. The Bertz CT molecular complexity index is 1240. The van der Waals surface area contributed by atoms with Crippen LogP contribution in [0.1, 0.15) is 33.2 Å². The number of rotatable bonds is 8. The minimum Gasteiger partial charge on any atom is -0.488 e. The molecule has 1 amide bonds. The van der Waals surface area contributed by atoms with Gasteiger partial charge in [-0.1, -0.05) is 24.3 Å². The summed E-state index contributed by atoms with van der Waals surface area (Å²) >= 11 is 0. The summed E-state index contributed by atoms with van der Waals surface area (Å²) < 4.78 is 34.4. The summed E-state index contributed by atoms with van der Waals surface area (Å²) in [5.41, 5.74) is 1.31. The number of benzene rings is 3. The van der Waals surface area contributed by atoms with Crippen molar-refractivity contribution in [2.45, 2.75) is 13.5 Å². The van der Waals surface area contributed by atoms with Crippen LogP contribution in [-0.4, -0.2) is 31.1 Å². The molecule has 0 fully saturated rings. The summed E-state index contributed by atoms with van der Waals surface area (Å²) in [7, 11) is 0. The maximum atomic E-state index is 13.1. The van der Waals surface area contributed by atoms with Crippen LogP contribution in [0.15, 0.2) is 60.7 Å². The van der Waals surface area contributed by atoms with Crippen LogP contribution in [0.2, 0.25) is 0 Å². The average molecular weight is 465 g/mol. The molecule has 1 heterocycles. The summed E-state index contributed by atoms with van der Waals surface area (Å²) in [6, 6.07) is 15.2. The smallest absolute Gasteiger partial charge is 0.342 e. The topological polar surface area (TPSA) is 100 Å². The van der Waals surface area contributed by atoms with E-state index in [1.165, 1.54) is 37.3 Å². The van der Waals surface area contributed by atoms with Crippen LogP contribution in [0.4, 0.5) is 10.1 Å². The van der Waals surface area contributed by atoms with Crippen molar-refractivity contribution in [3.8, 4) is 17.2 Å². The molecule has 8 nitrogen and oxygen atoms in total. The number of ether oxygens (including phenoxy) is 4. The summed E-state index contributed by atoms with van der Waals surface area (Å²) in [6.45, 7) is 0.903. The Morgan fingerprint density at radius 2 is 1.68 bits per heavy atom. The number of nitrogens with one attached hydrogen (secondary N) is 1. The van der Waals surface area contributed by atoms with E-state index in [9.17, 15) is 18.8 Å². The molecule has 3 aromatic carbocycles. The number of amides is 1. The highest BCUT2D eigenvalue weighted by Gasteiger charge is 2.21. The lowest BCUT2D eigenvalue weighted by Crippen LogP contribution is -2.22. The molecule has 1 aliphatic rings. The standard InChI is InChI=1S/C25H20FNO7/c1-15(28)19-10-22-23(34-14-33-22)11-20(19)27-24(29)13-32-25(30)18-4-2-3-5-21(18)31-12-16-6-8-17(26)9-7-16/h2-11H,12-14H2,1H3,(H,27,29). The van der Waals surface area contributed by atoms with Gasteiger partial charge in [0.2, 0.25) is 6.79 Å². The molecule has 9 heteroatoms. The lowest BCUT2D eigenvalue weighted by Gasteiger charge is -2.13. The Balaban J connectivity index is 1.38. The van der Waals surface area contributed by atoms with Crippen LogP contribution >= 0.6 is 0 Å². The van der Waals surface area contributed by atoms with Gasteiger partial charge in [-0.2, -0.15) is 0 Å². The lowest BCUT2D eigenvalue weighted by atomic mass is 10.1. The molecule has 0 aromatic heterocycles. The Kier molecular flexibility index (Phi) is 6.72. The van der Waals surface area contributed by atoms with Crippen LogP contribution in [0.5, 0.6) is 17.2 Å². The third kappa shape index (κ3) is 5.32. The zero-order valence-corrected chi connectivity index (χ0v) is 18.1. The largest absolute Gasteiger partial charge is 0.488 e. The number of esters is 1. The second kappa shape index (κ2) is 10.0. The first-order valence-corrected chi connectivity index (χ1v) is 10.3. The van der Waals surface area contributed by atoms with E-state index in [2.05, 4.69) is 5.32 Å². The summed E-state index contributed by atoms with van der Waals surface area (Å²) in [5, 5.41) is 2.56. The second-order valence-electron chi connectivity index (χ2n) is 7.34. The predicted molar refractivity (Wildman–Crippen MR) is 119 cm³/mol. The molecule has 0 spiro atoms. The molecule has 0 radical (unpaired) electrons. The maximum Gasteiger partial charge on any atom is 0.342 e. The molecule has 0 saturated heterocycles. The minimum atomic E-state index is -0.762. The molecule has 0 saturated carbocycles. The van der Waals surface area contributed by atoms with Gasteiger partial charge in [-0.25, -0.2) is 9.18 Å². The van der Waals surface area contributed by atoms with Crippen molar-refractivity contribution >= 4 is 23.3 Å². The Morgan fingerprint density at radius 1 is 0.971 bits per heavy atom. The van der Waals surface area contributed by atoms with Gasteiger partial charge in [-0.15, -0.1) is 0 Å². The van der Waals surface area contributed by atoms with Gasteiger partial charge >= 0.3 is 5.97 Å². The van der Waals surface area contributed by atoms with Crippen LogP contribution in [-0.2, 0) is 16.1 Å². The number of hydrogen-bond acceptors (Lipinski definition) is 7. The van der Waals surface area contributed by atoms with Gasteiger partial charge in [-0.05, 0) is 42.8 Å². The third-order valence-electron chi connectivity index (χ3n) is 4.92. The lowest BCUT2D eigenvalue weighted by molar-refractivity contribution is -0.119. The highest BCUT2D eigenvalue weighted by molar-refractivity contribution is 6.05. The van der Waals surface area contributed by atoms with Gasteiger partial charge in [0.25, 0.3) is 5.91 Å². The molecule has 0 atom stereocenters. The molecule has 174 valence electrons. The van der Waals surface area contributed by atoms with E-state index >= 15 is 0 Å². The van der Waals surface area contributed by atoms with Crippen LogP contribution < -0.4 is 19.5 Å². The number of anilines is 1. The molecule has 0 aliphatic carbocycles. The van der Waals surface area contributed by atoms with E-state index in [1.807, 2.05) is 0 Å². The van der Waals surface area contributed by atoms with Crippen molar-refractivity contribution in [2.75, 3.05) is 18.7 Å². The van der Waals surface area contributed by atoms with Gasteiger partial charge in [-0.3, -0.25) is 9.59 Å². The maximum absolute atomic E-state index is 13.1. The molecule has 3 aromatic rings. The van der Waals surface area contributed by atoms with Crippen LogP contribution in [0.25, 0.3) is 0 Å². The first-order chi connectivity index (χ1) is 16.4. The van der Waals surface area contributed by atoms with E-state index in [4.69, 9.17) is 18.9 Å². The fourth-order valence-corrected chi connectivity index (χ4v) is 3.23. The summed E-state index contributed by atoms with van der Waals surface area (Å²) in [4.78, 5) is 36.9. The van der Waals surface area contributed by atoms with Crippen molar-refractivity contribution in [2.24, 2.45) is 0 Å². The number of carbonyl (C=O) groups is 3. The predicted octanol–water partition coefficient (Wildman–Crippen LogP) is 4.13. The quantitative estimate of drug-likeness (QED) is 0.394. The van der Waals surface area contributed by atoms with Crippen molar-refractivity contribution < 1.29 is 37.7 Å². The van der Waals surface area contributed by atoms with E-state index in [0.717, 1.165) is 0 Å². The molecule has 0 bridgehead atoms. The highest BCUT2D eigenvalue weighted by atomic mass is 19.1. The monoisotopic (exact) mass is 465 g/mol. The zero-order chi connectivity index (χ0) is 24.1. The third-order valence-corrected chi connectivity index (χ3v) is 4.92. The van der Waals surface area contributed by atoms with Crippen molar-refractivity contribution in [3.63, 3.8) is 0 Å². The van der Waals surface area contributed by atoms with Gasteiger partial charge in [0, 0.05) is 11.6 Å². The van der Waals surface area contributed by atoms with E-state index in [0.29, 0.717) is 17.1 Å². The number of fused-ring (bicyclic) bond motifs is 1. The number of Topliss-reactive ketones (excluding diaryl/α,β-unsaturated/α-hetero) is 1. The molecular formula is C25H20FNO7. The summed E-state index contributed by atoms with van der Waals surface area (Å²) in [5.74, 6) is -0.981. The van der Waals surface area contributed by atoms with Crippen molar-refractivity contribution in [3.05, 3.63) is 83.2 Å². The molecule has 34 heavy (non-hydrogen) atoms. The fraction of sp³-hybridized carbons (Fsp3) is 0.160. The first-order valence-electron chi connectivity index (χ1n) is 10.3. The number of ketones is 1. The van der Waals surface area contributed by atoms with Crippen LogP contribution in [0, 0.1) is 5.82 Å². The van der Waals surface area contributed by atoms with Crippen molar-refractivity contribution in [1.29, 1.82) is 0 Å². The highest BCUT2D eigenvalue weighted by Crippen LogP contribution is 2.37. The number of carbonyl (C=O) groups excluding carboxylic acids is 3. The SMILES string of the molecule is CC(=O)c1cc2c(cc1NC(=O)COC(=O)c1ccccc1OCc1ccc(F)cc1)OCO2. The van der Waals surface area contributed by atoms with E-state index in [1.54, 1.807) is 30.3 Å². The minimum absolute atomic E-state index is 0.0182. The molecule has 1 N–H and O–H groups in total.